The minimum atomic E-state index is -0.152. The molecular formula is C54H38N4O. The van der Waals surface area contributed by atoms with Gasteiger partial charge in [0, 0.05) is 49.9 Å². The van der Waals surface area contributed by atoms with Crippen LogP contribution in [0.2, 0.25) is 0 Å². The number of anilines is 3. The van der Waals surface area contributed by atoms with Gasteiger partial charge in [0.25, 0.3) is 0 Å². The summed E-state index contributed by atoms with van der Waals surface area (Å²) in [4.78, 5) is 17.6. The fraction of sp³-hybridized carbons (Fsp3) is 0.0556. The predicted octanol–water partition coefficient (Wildman–Crippen LogP) is 14.2. The standard InChI is InChI=1S/C54H38N4O/c1-54(2)46-26-13-12-24-42(46)43-30-28-41(34-47(43)54)58(39-23-14-22-38(32-39)35-16-6-3-7-17-35)40-29-31-48-45(33-40)50-44(25-15-27-49(50)59-48)53-56-51(36-18-8-4-9-19-36)55-52(57-53)37-20-10-5-11-21-37/h3-34H,1-2H3. The Hall–Kier alpha value is -7.63. The Morgan fingerprint density at radius 2 is 0.932 bits per heavy atom. The van der Waals surface area contributed by atoms with E-state index in [1.165, 1.54) is 27.8 Å². The molecule has 2 heterocycles. The molecule has 0 saturated heterocycles. The van der Waals surface area contributed by atoms with Crippen LogP contribution in [-0.4, -0.2) is 15.0 Å². The molecule has 0 N–H and O–H groups in total. The minimum Gasteiger partial charge on any atom is -0.456 e. The molecule has 0 spiro atoms. The van der Waals surface area contributed by atoms with Crippen LogP contribution >= 0.6 is 0 Å². The predicted molar refractivity (Wildman–Crippen MR) is 241 cm³/mol. The molecule has 59 heavy (non-hydrogen) atoms. The van der Waals surface area contributed by atoms with Crippen LogP contribution in [0.25, 0.3) is 78.4 Å². The van der Waals surface area contributed by atoms with E-state index in [1.807, 2.05) is 72.8 Å². The lowest BCUT2D eigenvalue weighted by molar-refractivity contribution is 0.660. The first-order valence-corrected chi connectivity index (χ1v) is 20.0. The number of fused-ring (bicyclic) bond motifs is 6. The van der Waals surface area contributed by atoms with Gasteiger partial charge in [-0.15, -0.1) is 0 Å². The maximum atomic E-state index is 6.60. The van der Waals surface area contributed by atoms with E-state index < -0.39 is 0 Å². The van der Waals surface area contributed by atoms with Crippen LogP contribution in [0.1, 0.15) is 25.0 Å². The largest absolute Gasteiger partial charge is 0.456 e. The van der Waals surface area contributed by atoms with Crippen LogP contribution < -0.4 is 4.90 Å². The number of nitrogens with zero attached hydrogens (tertiary/aromatic N) is 4. The molecule has 0 unspecified atom stereocenters. The van der Waals surface area contributed by atoms with Crippen molar-refractivity contribution in [1.82, 2.24) is 15.0 Å². The highest BCUT2D eigenvalue weighted by Gasteiger charge is 2.36. The number of benzene rings is 8. The lowest BCUT2D eigenvalue weighted by Gasteiger charge is -2.28. The normalized spacial score (nSPS) is 12.7. The Morgan fingerprint density at radius 1 is 0.390 bits per heavy atom. The quantitative estimate of drug-likeness (QED) is 0.162. The molecule has 0 fully saturated rings. The molecule has 8 aromatic carbocycles. The van der Waals surface area contributed by atoms with Crippen LogP contribution in [0.15, 0.2) is 199 Å². The van der Waals surface area contributed by atoms with E-state index in [2.05, 4.69) is 140 Å². The third-order valence-corrected chi connectivity index (χ3v) is 11.7. The van der Waals surface area contributed by atoms with Gasteiger partial charge >= 0.3 is 0 Å². The van der Waals surface area contributed by atoms with Gasteiger partial charge in [-0.05, 0) is 81.9 Å². The van der Waals surface area contributed by atoms with Crippen molar-refractivity contribution in [3.63, 3.8) is 0 Å². The van der Waals surface area contributed by atoms with Crippen molar-refractivity contribution < 1.29 is 4.42 Å². The molecule has 0 radical (unpaired) electrons. The first-order valence-electron chi connectivity index (χ1n) is 20.0. The molecule has 11 rings (SSSR count). The molecule has 0 bridgehead atoms. The molecule has 5 nitrogen and oxygen atoms in total. The molecule has 1 aliphatic carbocycles. The molecule has 0 atom stereocenters. The van der Waals surface area contributed by atoms with Crippen molar-refractivity contribution in [3.8, 4) is 56.4 Å². The van der Waals surface area contributed by atoms with Gasteiger partial charge in [0.1, 0.15) is 11.2 Å². The molecule has 0 aliphatic heterocycles. The Kier molecular flexibility index (Phi) is 8.09. The van der Waals surface area contributed by atoms with Gasteiger partial charge in [-0.1, -0.05) is 159 Å². The number of furan rings is 1. The molecule has 0 amide bonds. The maximum absolute atomic E-state index is 6.60. The van der Waals surface area contributed by atoms with Gasteiger partial charge in [-0.25, -0.2) is 15.0 Å². The SMILES string of the molecule is CC1(C)c2ccccc2-c2ccc(N(c3cccc(-c4ccccc4)c3)c3ccc4oc5cccc(-c6nc(-c7ccccc7)nc(-c7ccccc7)n6)c5c4c3)cc21. The summed E-state index contributed by atoms with van der Waals surface area (Å²) in [6, 6.07) is 67.9. The highest BCUT2D eigenvalue weighted by atomic mass is 16.3. The lowest BCUT2D eigenvalue weighted by atomic mass is 9.82. The van der Waals surface area contributed by atoms with Gasteiger partial charge in [0.15, 0.2) is 17.5 Å². The number of hydrogen-bond acceptors (Lipinski definition) is 5. The summed E-state index contributed by atoms with van der Waals surface area (Å²) < 4.78 is 6.60. The summed E-state index contributed by atoms with van der Waals surface area (Å²) in [5, 5.41) is 1.94. The van der Waals surface area contributed by atoms with E-state index in [1.54, 1.807) is 0 Å². The molecule has 10 aromatic rings. The van der Waals surface area contributed by atoms with Crippen molar-refractivity contribution >= 4 is 39.0 Å². The van der Waals surface area contributed by atoms with Gasteiger partial charge in [-0.2, -0.15) is 0 Å². The van der Waals surface area contributed by atoms with Crippen LogP contribution in [0, 0.1) is 0 Å². The fourth-order valence-electron chi connectivity index (χ4n) is 8.80. The first kappa shape index (κ1) is 34.6. The van der Waals surface area contributed by atoms with Crippen LogP contribution in [0.3, 0.4) is 0 Å². The van der Waals surface area contributed by atoms with Crippen molar-refractivity contribution in [2.75, 3.05) is 4.90 Å². The zero-order chi connectivity index (χ0) is 39.5. The van der Waals surface area contributed by atoms with Crippen molar-refractivity contribution in [2.45, 2.75) is 19.3 Å². The van der Waals surface area contributed by atoms with E-state index in [0.29, 0.717) is 17.5 Å². The Balaban J connectivity index is 1.12. The third-order valence-electron chi connectivity index (χ3n) is 11.7. The van der Waals surface area contributed by atoms with Crippen molar-refractivity contribution in [2.24, 2.45) is 0 Å². The van der Waals surface area contributed by atoms with Crippen molar-refractivity contribution in [1.29, 1.82) is 0 Å². The molecule has 5 heteroatoms. The molecule has 1 aliphatic rings. The van der Waals surface area contributed by atoms with Crippen LogP contribution in [0.5, 0.6) is 0 Å². The molecular weight excluding hydrogens is 721 g/mol. The second-order valence-corrected chi connectivity index (χ2v) is 15.7. The van der Waals surface area contributed by atoms with E-state index in [4.69, 9.17) is 19.4 Å². The first-order chi connectivity index (χ1) is 29.0. The highest BCUT2D eigenvalue weighted by molar-refractivity contribution is 6.13. The molecule has 0 saturated carbocycles. The van der Waals surface area contributed by atoms with Gasteiger partial charge in [-0.3, -0.25) is 0 Å². The Labute approximate surface area is 342 Å². The van der Waals surface area contributed by atoms with Crippen molar-refractivity contribution in [3.05, 3.63) is 205 Å². The summed E-state index contributed by atoms with van der Waals surface area (Å²) in [5.74, 6) is 1.82. The summed E-state index contributed by atoms with van der Waals surface area (Å²) in [5.41, 5.74) is 14.9. The van der Waals surface area contributed by atoms with Gasteiger partial charge in [0.2, 0.25) is 0 Å². The topological polar surface area (TPSA) is 55.1 Å². The van der Waals surface area contributed by atoms with Crippen LogP contribution in [0.4, 0.5) is 17.1 Å². The van der Waals surface area contributed by atoms with E-state index >= 15 is 0 Å². The second kappa shape index (κ2) is 13.8. The molecule has 280 valence electrons. The monoisotopic (exact) mass is 758 g/mol. The average Bonchev–Trinajstić information content (AvgIpc) is 3.78. The summed E-state index contributed by atoms with van der Waals surface area (Å²) in [6.07, 6.45) is 0. The van der Waals surface area contributed by atoms with E-state index in [9.17, 15) is 0 Å². The second-order valence-electron chi connectivity index (χ2n) is 15.7. The summed E-state index contributed by atoms with van der Waals surface area (Å²) in [7, 11) is 0. The molecule has 2 aromatic heterocycles. The zero-order valence-corrected chi connectivity index (χ0v) is 32.7. The van der Waals surface area contributed by atoms with E-state index in [0.717, 1.165) is 61.3 Å². The number of hydrogen-bond donors (Lipinski definition) is 0. The summed E-state index contributed by atoms with van der Waals surface area (Å²) >= 11 is 0. The highest BCUT2D eigenvalue weighted by Crippen LogP contribution is 2.51. The third kappa shape index (κ3) is 5.90. The fourth-order valence-corrected chi connectivity index (χ4v) is 8.80. The van der Waals surface area contributed by atoms with Gasteiger partial charge in [0.05, 0.1) is 0 Å². The number of rotatable bonds is 7. The van der Waals surface area contributed by atoms with Crippen LogP contribution in [-0.2, 0) is 5.41 Å². The van der Waals surface area contributed by atoms with Gasteiger partial charge < -0.3 is 9.32 Å². The number of aromatic nitrogens is 3. The maximum Gasteiger partial charge on any atom is 0.164 e. The smallest absolute Gasteiger partial charge is 0.164 e. The van der Waals surface area contributed by atoms with E-state index in [-0.39, 0.29) is 5.41 Å². The lowest BCUT2D eigenvalue weighted by Crippen LogP contribution is -2.16. The zero-order valence-electron chi connectivity index (χ0n) is 32.7. The average molecular weight is 759 g/mol. The Morgan fingerprint density at radius 3 is 1.66 bits per heavy atom. The Bertz CT molecular complexity index is 3130. The summed E-state index contributed by atoms with van der Waals surface area (Å²) in [6.45, 7) is 4.67. The minimum absolute atomic E-state index is 0.152.